The number of hydrogen-bond acceptors (Lipinski definition) is 9. The highest BCUT2D eigenvalue weighted by molar-refractivity contribution is 6.35. The first-order valence-corrected chi connectivity index (χ1v) is 15.5. The van der Waals surface area contributed by atoms with Crippen molar-refractivity contribution in [3.05, 3.63) is 88.3 Å². The van der Waals surface area contributed by atoms with E-state index in [4.69, 9.17) is 21.3 Å². The minimum atomic E-state index is -0.441. The van der Waals surface area contributed by atoms with Gasteiger partial charge < -0.3 is 31.1 Å². The fourth-order valence-corrected chi connectivity index (χ4v) is 5.58. The summed E-state index contributed by atoms with van der Waals surface area (Å²) in [7, 11) is 1.58. The number of carbonyl (C=O) groups excluding carboxylic acids is 2. The highest BCUT2D eigenvalue weighted by atomic mass is 35.5. The van der Waals surface area contributed by atoms with E-state index in [0.717, 1.165) is 28.7 Å². The topological polar surface area (TPSA) is 150 Å². The van der Waals surface area contributed by atoms with Gasteiger partial charge in [0.1, 0.15) is 5.69 Å². The van der Waals surface area contributed by atoms with Crippen molar-refractivity contribution < 1.29 is 19.4 Å². The van der Waals surface area contributed by atoms with Crippen LogP contribution in [0.2, 0.25) is 5.02 Å². The zero-order chi connectivity index (χ0) is 32.6. The molecular formula is C34H38ClN7O4. The van der Waals surface area contributed by atoms with Gasteiger partial charge in [-0.15, -0.1) is 0 Å². The van der Waals surface area contributed by atoms with E-state index < -0.39 is 6.10 Å². The van der Waals surface area contributed by atoms with Crippen LogP contribution in [0.3, 0.4) is 0 Å². The third-order valence-corrected chi connectivity index (χ3v) is 8.13. The monoisotopic (exact) mass is 643 g/mol. The number of methoxy groups -OCH3 is 1. The highest BCUT2D eigenvalue weighted by Crippen LogP contribution is 2.38. The molecule has 4 heterocycles. The fourth-order valence-electron chi connectivity index (χ4n) is 5.27. The first kappa shape index (κ1) is 33.0. The van der Waals surface area contributed by atoms with Gasteiger partial charge >= 0.3 is 0 Å². The van der Waals surface area contributed by atoms with Crippen LogP contribution in [0.1, 0.15) is 46.9 Å². The van der Waals surface area contributed by atoms with Gasteiger partial charge in [-0.25, -0.2) is 4.98 Å². The van der Waals surface area contributed by atoms with Crippen molar-refractivity contribution in [2.75, 3.05) is 25.5 Å². The molecule has 0 aliphatic carbocycles. The van der Waals surface area contributed by atoms with Crippen LogP contribution in [0.25, 0.3) is 22.5 Å². The van der Waals surface area contributed by atoms with Gasteiger partial charge in [0.05, 0.1) is 29.6 Å². The summed E-state index contributed by atoms with van der Waals surface area (Å²) in [5.41, 5.74) is 6.15. The van der Waals surface area contributed by atoms with Crippen molar-refractivity contribution in [2.45, 2.75) is 51.9 Å². The van der Waals surface area contributed by atoms with Gasteiger partial charge in [-0.2, -0.15) is 0 Å². The largest absolute Gasteiger partial charge is 0.481 e. The summed E-state index contributed by atoms with van der Waals surface area (Å²) in [4.78, 5) is 38.2. The fraction of sp³-hybridized carbons (Fsp3) is 0.324. The summed E-state index contributed by atoms with van der Waals surface area (Å²) in [5.74, 6) is 0.234. The number of hydrogen-bond donors (Lipinski definition) is 5. The molecule has 0 bridgehead atoms. The normalized spacial score (nSPS) is 15.0. The minimum Gasteiger partial charge on any atom is -0.481 e. The summed E-state index contributed by atoms with van der Waals surface area (Å²) < 4.78 is 5.61. The summed E-state index contributed by atoms with van der Waals surface area (Å²) in [6, 6.07) is 14.9. The summed E-state index contributed by atoms with van der Waals surface area (Å²) in [5, 5.41) is 22.3. The molecule has 46 heavy (non-hydrogen) atoms. The molecule has 0 radical (unpaired) electrons. The van der Waals surface area contributed by atoms with E-state index in [1.807, 2.05) is 49.4 Å². The van der Waals surface area contributed by atoms with Gasteiger partial charge in [-0.3, -0.25) is 19.6 Å². The van der Waals surface area contributed by atoms with Crippen LogP contribution in [-0.4, -0.2) is 64.2 Å². The summed E-state index contributed by atoms with van der Waals surface area (Å²) in [6.45, 7) is 5.84. The number of aromatic nitrogens is 3. The molecule has 12 heteroatoms. The van der Waals surface area contributed by atoms with Crippen LogP contribution in [0.4, 0.5) is 5.69 Å². The molecule has 0 spiro atoms. The number of carbonyl (C=O) groups is 2. The van der Waals surface area contributed by atoms with E-state index >= 15 is 0 Å². The number of pyridine rings is 3. The smallest absolute Gasteiger partial charge is 0.274 e. The van der Waals surface area contributed by atoms with Gasteiger partial charge in [-0.05, 0) is 55.7 Å². The standard InChI is InChI=1S/C34H38ClN7O4/c1-20(43)15-36-16-22-7-10-29(39-17-22)33(45)41-27-6-4-5-25(21(27)2)32-31(35)26(13-14-38-32)28-11-8-23(34(42-28)46-3)18-37-19-24-9-12-30(44)40-24/h4-8,10-11,13-14,17,20,24,36-37,43H,9,12,15-16,18-19H2,1-3H3,(H,40,44)(H,41,45)/t20-,24+/m1/s1. The molecule has 2 amide bonds. The quantitative estimate of drug-likeness (QED) is 0.144. The van der Waals surface area contributed by atoms with Crippen LogP contribution < -0.4 is 26.0 Å². The Kier molecular flexibility index (Phi) is 10.9. The molecule has 4 aromatic rings. The molecule has 1 saturated heterocycles. The number of ether oxygens (including phenoxy) is 1. The second kappa shape index (κ2) is 15.2. The number of benzene rings is 1. The lowest BCUT2D eigenvalue weighted by Crippen LogP contribution is -2.35. The molecule has 1 fully saturated rings. The van der Waals surface area contributed by atoms with Gasteiger partial charge in [-0.1, -0.05) is 35.9 Å². The van der Waals surface area contributed by atoms with E-state index in [-0.39, 0.29) is 23.6 Å². The molecule has 0 saturated carbocycles. The molecule has 5 N–H and O–H groups in total. The second-order valence-electron chi connectivity index (χ2n) is 11.3. The number of aliphatic hydroxyl groups is 1. The van der Waals surface area contributed by atoms with Crippen molar-refractivity contribution in [1.29, 1.82) is 0 Å². The van der Waals surface area contributed by atoms with E-state index in [0.29, 0.717) is 66.1 Å². The summed E-state index contributed by atoms with van der Waals surface area (Å²) in [6.07, 6.45) is 4.28. The van der Waals surface area contributed by atoms with Crippen molar-refractivity contribution in [2.24, 2.45) is 0 Å². The predicted molar refractivity (Wildman–Crippen MR) is 178 cm³/mol. The van der Waals surface area contributed by atoms with E-state index in [9.17, 15) is 14.7 Å². The molecule has 3 aromatic heterocycles. The van der Waals surface area contributed by atoms with Crippen LogP contribution in [0.5, 0.6) is 5.88 Å². The van der Waals surface area contributed by atoms with Crippen LogP contribution in [0, 0.1) is 6.92 Å². The molecular weight excluding hydrogens is 606 g/mol. The van der Waals surface area contributed by atoms with Crippen LogP contribution in [0.15, 0.2) is 60.9 Å². The van der Waals surface area contributed by atoms with Crippen LogP contribution >= 0.6 is 11.6 Å². The first-order valence-electron chi connectivity index (χ1n) is 15.2. The minimum absolute atomic E-state index is 0.0913. The number of rotatable bonds is 13. The third kappa shape index (κ3) is 8.04. The Balaban J connectivity index is 1.30. The second-order valence-corrected chi connectivity index (χ2v) is 11.7. The third-order valence-electron chi connectivity index (χ3n) is 7.75. The summed E-state index contributed by atoms with van der Waals surface area (Å²) >= 11 is 6.97. The maximum Gasteiger partial charge on any atom is 0.274 e. The van der Waals surface area contributed by atoms with E-state index in [1.54, 1.807) is 32.5 Å². The van der Waals surface area contributed by atoms with Crippen molar-refractivity contribution in [1.82, 2.24) is 30.9 Å². The number of halogens is 1. The Labute approximate surface area is 273 Å². The highest BCUT2D eigenvalue weighted by Gasteiger charge is 2.21. The van der Waals surface area contributed by atoms with E-state index in [2.05, 4.69) is 31.2 Å². The number of amides is 2. The molecule has 0 unspecified atom stereocenters. The van der Waals surface area contributed by atoms with Crippen molar-refractivity contribution >= 4 is 29.1 Å². The van der Waals surface area contributed by atoms with Crippen molar-refractivity contribution in [3.63, 3.8) is 0 Å². The molecule has 11 nitrogen and oxygen atoms in total. The van der Waals surface area contributed by atoms with E-state index in [1.165, 1.54) is 0 Å². The number of aliphatic hydroxyl groups excluding tert-OH is 1. The van der Waals surface area contributed by atoms with Gasteiger partial charge in [0.15, 0.2) is 0 Å². The number of anilines is 1. The SMILES string of the molecule is COc1nc(-c2ccnc(-c3cccc(NC(=O)c4ccc(CNC[C@@H](C)O)cn4)c3C)c2Cl)ccc1CNC[C@@H]1CCC(=O)N1. The molecule has 5 rings (SSSR count). The van der Waals surface area contributed by atoms with Crippen LogP contribution in [-0.2, 0) is 17.9 Å². The predicted octanol–water partition coefficient (Wildman–Crippen LogP) is 4.27. The lowest BCUT2D eigenvalue weighted by atomic mass is 10.0. The molecule has 1 aromatic carbocycles. The lowest BCUT2D eigenvalue weighted by molar-refractivity contribution is -0.119. The lowest BCUT2D eigenvalue weighted by Gasteiger charge is -2.16. The Morgan fingerprint density at radius 3 is 2.67 bits per heavy atom. The Hall–Kier alpha value is -4.42. The number of nitrogens with zero attached hydrogens (tertiary/aromatic N) is 3. The van der Waals surface area contributed by atoms with Gasteiger partial charge in [0.2, 0.25) is 11.8 Å². The van der Waals surface area contributed by atoms with Crippen molar-refractivity contribution in [3.8, 4) is 28.4 Å². The zero-order valence-electron chi connectivity index (χ0n) is 26.1. The Bertz CT molecular complexity index is 1700. The molecule has 240 valence electrons. The average molecular weight is 644 g/mol. The average Bonchev–Trinajstić information content (AvgIpc) is 3.47. The Morgan fingerprint density at radius 1 is 1.11 bits per heavy atom. The van der Waals surface area contributed by atoms with Gasteiger partial charge in [0.25, 0.3) is 5.91 Å². The van der Waals surface area contributed by atoms with Gasteiger partial charge in [0, 0.05) is 73.4 Å². The molecule has 1 aliphatic heterocycles. The zero-order valence-corrected chi connectivity index (χ0v) is 26.8. The Morgan fingerprint density at radius 2 is 1.96 bits per heavy atom. The number of nitrogens with one attached hydrogen (secondary N) is 4. The maximum atomic E-state index is 13.1. The first-order chi connectivity index (χ1) is 22.2. The molecule has 1 aliphatic rings. The maximum absolute atomic E-state index is 13.1. The molecule has 2 atom stereocenters.